The van der Waals surface area contributed by atoms with Crippen molar-refractivity contribution < 1.29 is 13.5 Å². The first-order valence-corrected chi connectivity index (χ1v) is 12.4. The Labute approximate surface area is 203 Å². The molecular weight excluding hydrogens is 466 g/mol. The van der Waals surface area contributed by atoms with Gasteiger partial charge >= 0.3 is 0 Å². The number of aliphatic hydroxyl groups is 1. The Morgan fingerprint density at radius 3 is 2.20 bits per heavy atom. The molecule has 0 saturated carbocycles. The van der Waals surface area contributed by atoms with E-state index in [1.54, 1.807) is 50.2 Å². The van der Waals surface area contributed by atoms with Crippen LogP contribution in [-0.4, -0.2) is 29.8 Å². The van der Waals surface area contributed by atoms with Gasteiger partial charge in [-0.3, -0.25) is 14.2 Å². The molecule has 0 saturated heterocycles. The number of nitrogens with zero attached hydrogens (tertiary/aromatic N) is 4. The topological polar surface area (TPSA) is 120 Å². The van der Waals surface area contributed by atoms with Crippen molar-refractivity contribution >= 4 is 27.1 Å². The van der Waals surface area contributed by atoms with Crippen LogP contribution in [0.25, 0.3) is 5.69 Å². The van der Waals surface area contributed by atoms with Crippen LogP contribution in [0.1, 0.15) is 18.2 Å². The van der Waals surface area contributed by atoms with Gasteiger partial charge in [0, 0.05) is 6.54 Å². The highest BCUT2D eigenvalue weighted by Crippen LogP contribution is 2.26. The minimum absolute atomic E-state index is 0.105. The lowest BCUT2D eigenvalue weighted by atomic mass is 10.2. The maximum atomic E-state index is 13.2. The standard InChI is InChI=1S/C25H25N5O4S/c1-3-29(21-13-9-19(17-31)10-14-21)35(33,34)23-15-11-20(12-16-23)26-27-24-18(2)28-30(25(24)32)22-7-5-4-6-8-22/h4-16,28,31H,3,17H2,1-2H3. The summed E-state index contributed by atoms with van der Waals surface area (Å²) in [5.74, 6) is 0. The van der Waals surface area contributed by atoms with Crippen LogP contribution in [0.4, 0.5) is 17.1 Å². The lowest BCUT2D eigenvalue weighted by Crippen LogP contribution is -2.30. The number of aromatic nitrogens is 2. The van der Waals surface area contributed by atoms with Crippen LogP contribution in [0.2, 0.25) is 0 Å². The van der Waals surface area contributed by atoms with Crippen molar-refractivity contribution in [2.75, 3.05) is 10.8 Å². The number of nitrogens with one attached hydrogen (secondary N) is 1. The van der Waals surface area contributed by atoms with E-state index < -0.39 is 10.0 Å². The molecule has 3 aromatic carbocycles. The monoisotopic (exact) mass is 491 g/mol. The second-order valence-electron chi connectivity index (χ2n) is 7.75. The molecule has 0 atom stereocenters. The highest BCUT2D eigenvalue weighted by atomic mass is 32.2. The molecule has 0 aliphatic rings. The molecule has 0 unspecified atom stereocenters. The molecule has 0 spiro atoms. The predicted molar refractivity (Wildman–Crippen MR) is 134 cm³/mol. The molecule has 1 aromatic heterocycles. The number of aromatic amines is 1. The third-order valence-corrected chi connectivity index (χ3v) is 7.36. The molecule has 0 radical (unpaired) electrons. The molecule has 1 heterocycles. The Morgan fingerprint density at radius 1 is 0.943 bits per heavy atom. The summed E-state index contributed by atoms with van der Waals surface area (Å²) >= 11 is 0. The van der Waals surface area contributed by atoms with Crippen LogP contribution < -0.4 is 9.86 Å². The molecule has 0 aliphatic heterocycles. The third-order valence-electron chi connectivity index (χ3n) is 5.44. The normalized spacial score (nSPS) is 11.7. The van der Waals surface area contributed by atoms with E-state index in [1.165, 1.54) is 33.3 Å². The molecule has 4 rings (SSSR count). The fourth-order valence-corrected chi connectivity index (χ4v) is 5.07. The number of azo groups is 1. The number of hydrogen-bond acceptors (Lipinski definition) is 6. The van der Waals surface area contributed by atoms with Gasteiger partial charge in [0.05, 0.1) is 34.3 Å². The second-order valence-corrected chi connectivity index (χ2v) is 9.61. The number of anilines is 1. The van der Waals surface area contributed by atoms with Crippen LogP contribution in [0.3, 0.4) is 0 Å². The van der Waals surface area contributed by atoms with Gasteiger partial charge in [0.2, 0.25) is 0 Å². The number of aliphatic hydroxyl groups excluding tert-OH is 1. The van der Waals surface area contributed by atoms with E-state index in [2.05, 4.69) is 15.3 Å². The van der Waals surface area contributed by atoms with Crippen molar-refractivity contribution in [3.63, 3.8) is 0 Å². The largest absolute Gasteiger partial charge is 0.392 e. The van der Waals surface area contributed by atoms with Crippen molar-refractivity contribution in [2.24, 2.45) is 10.2 Å². The molecule has 35 heavy (non-hydrogen) atoms. The molecular formula is C25H25N5O4S. The van der Waals surface area contributed by atoms with Crippen LogP contribution in [0.15, 0.2) is 98.8 Å². The van der Waals surface area contributed by atoms with Gasteiger partial charge in [-0.25, -0.2) is 13.1 Å². The number of H-pyrrole nitrogens is 1. The Morgan fingerprint density at radius 2 is 1.60 bits per heavy atom. The summed E-state index contributed by atoms with van der Waals surface area (Å²) in [4.78, 5) is 12.9. The Bertz CT molecular complexity index is 1490. The lowest BCUT2D eigenvalue weighted by Gasteiger charge is -2.23. The molecule has 4 aromatic rings. The summed E-state index contributed by atoms with van der Waals surface area (Å²) in [6, 6.07) is 21.8. The van der Waals surface area contributed by atoms with Gasteiger partial charge in [0.25, 0.3) is 15.6 Å². The molecule has 0 fully saturated rings. The van der Waals surface area contributed by atoms with Gasteiger partial charge in [-0.1, -0.05) is 30.3 Å². The summed E-state index contributed by atoms with van der Waals surface area (Å²) < 4.78 is 29.1. The Hall–Kier alpha value is -4.02. The molecule has 0 amide bonds. The van der Waals surface area contributed by atoms with Crippen molar-refractivity contribution in [3.8, 4) is 5.69 Å². The maximum absolute atomic E-state index is 13.2. The summed E-state index contributed by atoms with van der Waals surface area (Å²) in [5.41, 5.74) is 2.70. The number of benzene rings is 3. The van der Waals surface area contributed by atoms with E-state index in [0.29, 0.717) is 28.3 Å². The van der Waals surface area contributed by atoms with E-state index >= 15 is 0 Å². The number of aryl methyl sites for hydroxylation is 1. The zero-order chi connectivity index (χ0) is 25.0. The van der Waals surface area contributed by atoms with Crippen molar-refractivity contribution in [3.05, 3.63) is 100 Å². The van der Waals surface area contributed by atoms with Crippen LogP contribution in [-0.2, 0) is 16.6 Å². The minimum Gasteiger partial charge on any atom is -0.392 e. The lowest BCUT2D eigenvalue weighted by molar-refractivity contribution is 0.282. The third kappa shape index (κ3) is 4.93. The fraction of sp³-hybridized carbons (Fsp3) is 0.160. The van der Waals surface area contributed by atoms with Crippen LogP contribution >= 0.6 is 0 Å². The summed E-state index contributed by atoms with van der Waals surface area (Å²) in [5, 5.41) is 20.4. The summed E-state index contributed by atoms with van der Waals surface area (Å²) in [7, 11) is -3.81. The molecule has 9 nitrogen and oxygen atoms in total. The highest BCUT2D eigenvalue weighted by molar-refractivity contribution is 7.92. The maximum Gasteiger partial charge on any atom is 0.299 e. The molecule has 2 N–H and O–H groups in total. The summed E-state index contributed by atoms with van der Waals surface area (Å²) in [6.45, 7) is 3.61. The van der Waals surface area contributed by atoms with E-state index in [0.717, 1.165) is 0 Å². The first-order valence-electron chi connectivity index (χ1n) is 11.0. The quantitative estimate of drug-likeness (QED) is 0.350. The van der Waals surface area contributed by atoms with Crippen molar-refractivity contribution in [2.45, 2.75) is 25.3 Å². The SMILES string of the molecule is CCN(c1ccc(CO)cc1)S(=O)(=O)c1ccc(N=Nc2c(C)[nH]n(-c3ccccc3)c2=O)cc1. The smallest absolute Gasteiger partial charge is 0.299 e. The van der Waals surface area contributed by atoms with Gasteiger partial charge in [0.1, 0.15) is 0 Å². The van der Waals surface area contributed by atoms with E-state index in [9.17, 15) is 18.3 Å². The number of sulfonamides is 1. The van der Waals surface area contributed by atoms with Gasteiger partial charge < -0.3 is 5.11 Å². The van der Waals surface area contributed by atoms with Gasteiger partial charge in [-0.15, -0.1) is 5.11 Å². The first kappa shape index (κ1) is 24.1. The average molecular weight is 492 g/mol. The molecule has 180 valence electrons. The van der Waals surface area contributed by atoms with Crippen LogP contribution in [0, 0.1) is 6.92 Å². The van der Waals surface area contributed by atoms with E-state index in [4.69, 9.17) is 0 Å². The average Bonchev–Trinajstić information content (AvgIpc) is 3.17. The summed E-state index contributed by atoms with van der Waals surface area (Å²) in [6.07, 6.45) is 0. The zero-order valence-electron chi connectivity index (χ0n) is 19.3. The zero-order valence-corrected chi connectivity index (χ0v) is 20.1. The molecule has 0 bridgehead atoms. The molecule has 10 heteroatoms. The first-order chi connectivity index (χ1) is 16.8. The van der Waals surface area contributed by atoms with E-state index in [1.807, 2.05) is 18.2 Å². The highest BCUT2D eigenvalue weighted by Gasteiger charge is 2.23. The molecule has 0 aliphatic carbocycles. The predicted octanol–water partition coefficient (Wildman–Crippen LogP) is 4.60. The second kappa shape index (κ2) is 10.1. The minimum atomic E-state index is -3.81. The Balaban J connectivity index is 1.57. The van der Waals surface area contributed by atoms with E-state index in [-0.39, 0.29) is 29.3 Å². The fourth-order valence-electron chi connectivity index (χ4n) is 3.59. The Kier molecular flexibility index (Phi) is 6.94. The number of hydrogen-bond donors (Lipinski definition) is 2. The van der Waals surface area contributed by atoms with Crippen LogP contribution in [0.5, 0.6) is 0 Å². The van der Waals surface area contributed by atoms with Gasteiger partial charge in [-0.05, 0) is 67.9 Å². The number of rotatable bonds is 8. The van der Waals surface area contributed by atoms with Gasteiger partial charge in [0.15, 0.2) is 5.69 Å². The van der Waals surface area contributed by atoms with Crippen molar-refractivity contribution in [1.29, 1.82) is 0 Å². The number of para-hydroxylation sites is 1. The van der Waals surface area contributed by atoms with Gasteiger partial charge in [-0.2, -0.15) is 5.11 Å². The van der Waals surface area contributed by atoms with Crippen molar-refractivity contribution in [1.82, 2.24) is 9.78 Å².